The third kappa shape index (κ3) is 3.30. The van der Waals surface area contributed by atoms with Crippen molar-refractivity contribution in [3.05, 3.63) is 16.0 Å². The van der Waals surface area contributed by atoms with Gasteiger partial charge < -0.3 is 4.74 Å². The van der Waals surface area contributed by atoms with Gasteiger partial charge in [-0.25, -0.2) is 4.79 Å². The van der Waals surface area contributed by atoms with E-state index in [1.165, 1.54) is 24.1 Å². The first-order valence-electron chi connectivity index (χ1n) is 6.67. The van der Waals surface area contributed by atoms with Crippen LogP contribution in [0.15, 0.2) is 4.99 Å². The monoisotopic (exact) mass is 295 g/mol. The lowest BCUT2D eigenvalue weighted by atomic mass is 9.96. The lowest BCUT2D eigenvalue weighted by molar-refractivity contribution is 0.0526. The Morgan fingerprint density at radius 2 is 2.11 bits per heavy atom. The second kappa shape index (κ2) is 6.94. The summed E-state index contributed by atoms with van der Waals surface area (Å²) >= 11 is 6.24. The highest BCUT2D eigenvalue weighted by molar-refractivity contribution is 7.78. The van der Waals surface area contributed by atoms with E-state index in [-0.39, 0.29) is 5.97 Å². The molecule has 0 N–H and O–H groups in total. The topological polar surface area (TPSA) is 38.7 Å². The number of thiocarbonyl (C=S) groups is 1. The summed E-state index contributed by atoms with van der Waals surface area (Å²) in [5, 5.41) is 3.04. The van der Waals surface area contributed by atoms with E-state index in [4.69, 9.17) is 4.74 Å². The van der Waals surface area contributed by atoms with E-state index in [1.807, 2.05) is 6.92 Å². The fourth-order valence-corrected chi connectivity index (χ4v) is 3.80. The van der Waals surface area contributed by atoms with Crippen molar-refractivity contribution in [1.29, 1.82) is 0 Å². The van der Waals surface area contributed by atoms with E-state index in [9.17, 15) is 4.79 Å². The van der Waals surface area contributed by atoms with Crippen molar-refractivity contribution < 1.29 is 9.53 Å². The number of nitrogens with zero attached hydrogens (tertiary/aromatic N) is 1. The van der Waals surface area contributed by atoms with Gasteiger partial charge >= 0.3 is 5.97 Å². The second-order valence-electron chi connectivity index (χ2n) is 4.52. The number of ether oxygens (including phenoxy) is 1. The highest BCUT2D eigenvalue weighted by Crippen LogP contribution is 2.39. The summed E-state index contributed by atoms with van der Waals surface area (Å²) in [6.07, 6.45) is 6.75. The van der Waals surface area contributed by atoms with E-state index in [2.05, 4.69) is 22.4 Å². The Balaban J connectivity index is 2.46. The van der Waals surface area contributed by atoms with Gasteiger partial charge in [-0.2, -0.15) is 4.99 Å². The molecule has 102 valence electrons. The molecule has 0 aliphatic heterocycles. The molecule has 2 rings (SSSR count). The molecule has 1 aromatic rings. The number of isothiocyanates is 1. The van der Waals surface area contributed by atoms with E-state index in [1.54, 1.807) is 11.3 Å². The van der Waals surface area contributed by atoms with E-state index < -0.39 is 0 Å². The van der Waals surface area contributed by atoms with Gasteiger partial charge in [-0.3, -0.25) is 0 Å². The quantitative estimate of drug-likeness (QED) is 0.473. The predicted octanol–water partition coefficient (Wildman–Crippen LogP) is 4.32. The van der Waals surface area contributed by atoms with Gasteiger partial charge in [0.15, 0.2) is 0 Å². The lowest BCUT2D eigenvalue weighted by Gasteiger charge is -2.10. The lowest BCUT2D eigenvalue weighted by Crippen LogP contribution is -2.08. The van der Waals surface area contributed by atoms with Gasteiger partial charge in [0.1, 0.15) is 10.6 Å². The summed E-state index contributed by atoms with van der Waals surface area (Å²) in [6, 6.07) is 0. The van der Waals surface area contributed by atoms with Gasteiger partial charge in [-0.05, 0) is 50.4 Å². The zero-order valence-corrected chi connectivity index (χ0v) is 12.7. The van der Waals surface area contributed by atoms with Crippen LogP contribution in [0.2, 0.25) is 0 Å². The van der Waals surface area contributed by atoms with Crippen LogP contribution in [0.4, 0.5) is 5.00 Å². The van der Waals surface area contributed by atoms with E-state index >= 15 is 0 Å². The van der Waals surface area contributed by atoms with Gasteiger partial charge in [0.05, 0.1) is 11.8 Å². The highest BCUT2D eigenvalue weighted by Gasteiger charge is 2.24. The number of rotatable bonds is 3. The maximum absolute atomic E-state index is 12.1. The molecular weight excluding hydrogens is 278 g/mol. The number of thiophene rings is 1. The van der Waals surface area contributed by atoms with Crippen molar-refractivity contribution >= 4 is 39.7 Å². The predicted molar refractivity (Wildman–Crippen MR) is 80.8 cm³/mol. The number of carbonyl (C=O) groups excluding carboxylic acids is 1. The zero-order valence-electron chi connectivity index (χ0n) is 11.0. The highest BCUT2D eigenvalue weighted by atomic mass is 32.1. The molecule has 1 aliphatic rings. The fourth-order valence-electron chi connectivity index (χ4n) is 2.44. The third-order valence-corrected chi connectivity index (χ3v) is 4.56. The summed E-state index contributed by atoms with van der Waals surface area (Å²) in [4.78, 5) is 17.5. The molecule has 5 heteroatoms. The van der Waals surface area contributed by atoms with Crippen LogP contribution in [0.5, 0.6) is 0 Å². The Kier molecular flexibility index (Phi) is 5.25. The average Bonchev–Trinajstić information content (AvgIpc) is 2.67. The van der Waals surface area contributed by atoms with Gasteiger partial charge in [-0.15, -0.1) is 11.3 Å². The number of aliphatic imine (C=N–C) groups is 1. The fraction of sp³-hybridized carbons (Fsp3) is 0.571. The molecule has 0 aromatic carbocycles. The SMILES string of the molecule is CCOC(=O)c1c(N=C=S)sc2c1CCCCCC2. The summed E-state index contributed by atoms with van der Waals surface area (Å²) in [6.45, 7) is 2.19. The largest absolute Gasteiger partial charge is 0.462 e. The average molecular weight is 295 g/mol. The first kappa shape index (κ1) is 14.4. The molecule has 0 radical (unpaired) electrons. The standard InChI is InChI=1S/C14H17NO2S2/c1-2-17-14(16)12-10-7-5-3-4-6-8-11(10)19-13(12)15-9-18/h2-8H2,1H3. The molecule has 0 bridgehead atoms. The Hall–Kier alpha value is -1.03. The number of esters is 1. The normalized spacial score (nSPS) is 14.8. The number of carbonyl (C=O) groups is 1. The van der Waals surface area contributed by atoms with Crippen LogP contribution in [0, 0.1) is 0 Å². The molecule has 19 heavy (non-hydrogen) atoms. The maximum atomic E-state index is 12.1. The number of fused-ring (bicyclic) bond motifs is 1. The van der Waals surface area contributed by atoms with Crippen LogP contribution < -0.4 is 0 Å². The van der Waals surface area contributed by atoms with Gasteiger partial charge in [0.25, 0.3) is 0 Å². The third-order valence-electron chi connectivity index (χ3n) is 3.28. The van der Waals surface area contributed by atoms with Crippen molar-refractivity contribution in [2.75, 3.05) is 6.61 Å². The van der Waals surface area contributed by atoms with Crippen LogP contribution in [0.3, 0.4) is 0 Å². The minimum absolute atomic E-state index is 0.274. The molecule has 0 amide bonds. The summed E-state index contributed by atoms with van der Waals surface area (Å²) in [5.41, 5.74) is 1.76. The van der Waals surface area contributed by atoms with Crippen molar-refractivity contribution in [2.45, 2.75) is 45.4 Å². The molecule has 1 aromatic heterocycles. The van der Waals surface area contributed by atoms with Gasteiger partial charge in [0, 0.05) is 4.88 Å². The molecule has 0 saturated carbocycles. The van der Waals surface area contributed by atoms with Crippen molar-refractivity contribution in [3.8, 4) is 0 Å². The first-order chi connectivity index (χ1) is 9.27. The Morgan fingerprint density at radius 3 is 2.79 bits per heavy atom. The van der Waals surface area contributed by atoms with Crippen molar-refractivity contribution in [1.82, 2.24) is 0 Å². The summed E-state index contributed by atoms with van der Waals surface area (Å²) in [7, 11) is 0. The molecule has 0 fully saturated rings. The van der Waals surface area contributed by atoms with Crippen LogP contribution >= 0.6 is 23.6 Å². The zero-order chi connectivity index (χ0) is 13.7. The Labute approximate surface area is 122 Å². The molecule has 3 nitrogen and oxygen atoms in total. The molecular formula is C14H17NO2S2. The van der Waals surface area contributed by atoms with Crippen molar-refractivity contribution in [2.24, 2.45) is 4.99 Å². The minimum Gasteiger partial charge on any atom is -0.462 e. The van der Waals surface area contributed by atoms with Crippen molar-refractivity contribution in [3.63, 3.8) is 0 Å². The minimum atomic E-state index is -0.274. The van der Waals surface area contributed by atoms with Crippen LogP contribution in [0.25, 0.3) is 0 Å². The van der Waals surface area contributed by atoms with Crippen LogP contribution in [-0.4, -0.2) is 17.7 Å². The summed E-state index contributed by atoms with van der Waals surface area (Å²) in [5.74, 6) is -0.274. The van der Waals surface area contributed by atoms with Gasteiger partial charge in [0.2, 0.25) is 0 Å². The van der Waals surface area contributed by atoms with Crippen LogP contribution in [-0.2, 0) is 17.6 Å². The Bertz CT molecular complexity index is 516. The molecule has 0 saturated heterocycles. The number of hydrogen-bond donors (Lipinski definition) is 0. The molecule has 0 unspecified atom stereocenters. The molecule has 0 atom stereocenters. The second-order valence-corrected chi connectivity index (χ2v) is 5.79. The summed E-state index contributed by atoms with van der Waals surface area (Å²) < 4.78 is 5.16. The number of aryl methyl sites for hydroxylation is 1. The van der Waals surface area contributed by atoms with E-state index in [0.717, 1.165) is 24.8 Å². The first-order valence-corrected chi connectivity index (χ1v) is 7.90. The molecule has 0 spiro atoms. The van der Waals surface area contributed by atoms with Crippen LogP contribution in [0.1, 0.15) is 53.4 Å². The maximum Gasteiger partial charge on any atom is 0.341 e. The Morgan fingerprint density at radius 1 is 1.37 bits per heavy atom. The molecule has 1 heterocycles. The van der Waals surface area contributed by atoms with E-state index in [0.29, 0.717) is 17.2 Å². The smallest absolute Gasteiger partial charge is 0.341 e. The molecule has 1 aliphatic carbocycles. The van der Waals surface area contributed by atoms with Gasteiger partial charge in [-0.1, -0.05) is 12.8 Å². The number of hydrogen-bond acceptors (Lipinski definition) is 5.